The first-order valence-corrected chi connectivity index (χ1v) is 8.55. The third-order valence-corrected chi connectivity index (χ3v) is 4.55. The number of likely N-dealkylation sites (N-methyl/N-ethyl adjacent to an activating group) is 1. The summed E-state index contributed by atoms with van der Waals surface area (Å²) in [5.74, 6) is -0.441. The number of benzene rings is 1. The number of anilines is 1. The maximum absolute atomic E-state index is 12.1. The Kier molecular flexibility index (Phi) is 7.39. The van der Waals surface area contributed by atoms with Crippen molar-refractivity contribution in [2.75, 3.05) is 25.5 Å². The molecule has 7 heteroatoms. The second-order valence-corrected chi connectivity index (χ2v) is 7.21. The van der Waals surface area contributed by atoms with Gasteiger partial charge in [0.2, 0.25) is 0 Å². The van der Waals surface area contributed by atoms with E-state index in [0.29, 0.717) is 5.69 Å². The van der Waals surface area contributed by atoms with Crippen molar-refractivity contribution >= 4 is 33.4 Å². The summed E-state index contributed by atoms with van der Waals surface area (Å²) in [5.41, 5.74) is -0.217. The molecule has 0 spiro atoms. The molecule has 0 fully saturated rings. The maximum Gasteiger partial charge on any atom is 0.279 e. The van der Waals surface area contributed by atoms with Crippen molar-refractivity contribution in [3.8, 4) is 6.07 Å². The third kappa shape index (κ3) is 5.95. The Hall–Kier alpha value is -1.91. The van der Waals surface area contributed by atoms with Crippen molar-refractivity contribution in [2.24, 2.45) is 5.92 Å². The number of carbonyl (C=O) groups is 2. The number of amides is 2. The second kappa shape index (κ2) is 8.81. The van der Waals surface area contributed by atoms with Gasteiger partial charge >= 0.3 is 0 Å². The van der Waals surface area contributed by atoms with Crippen molar-refractivity contribution in [3.63, 3.8) is 0 Å². The van der Waals surface area contributed by atoms with Gasteiger partial charge in [0.25, 0.3) is 11.8 Å². The number of nitriles is 1. The Bertz CT molecular complexity index is 642. The summed E-state index contributed by atoms with van der Waals surface area (Å²) in [6.07, 6.45) is 0. The van der Waals surface area contributed by atoms with E-state index in [4.69, 9.17) is 0 Å². The standard InChI is InChI=1S/C17H23BrN4O2/c1-12(2)17(3,11-19)21-16(24)10-22(4)9-15(23)20-14-8-6-5-7-13(14)18/h5-8,12H,9-10H2,1-4H3,(H,20,23)(H,21,24)/p+1/t17-/m1/s1. The van der Waals surface area contributed by atoms with Gasteiger partial charge < -0.3 is 15.5 Å². The molecule has 0 saturated carbocycles. The van der Waals surface area contributed by atoms with Crippen LogP contribution in [-0.4, -0.2) is 37.5 Å². The first kappa shape index (κ1) is 20.1. The quantitative estimate of drug-likeness (QED) is 0.642. The summed E-state index contributed by atoms with van der Waals surface area (Å²) in [7, 11) is 1.76. The van der Waals surface area contributed by atoms with Crippen molar-refractivity contribution in [1.29, 1.82) is 5.26 Å². The van der Waals surface area contributed by atoms with Gasteiger partial charge in [0.1, 0.15) is 5.54 Å². The molecule has 0 saturated heterocycles. The summed E-state index contributed by atoms with van der Waals surface area (Å²) in [4.78, 5) is 24.9. The Morgan fingerprint density at radius 2 is 1.88 bits per heavy atom. The molecular weight excluding hydrogens is 372 g/mol. The molecule has 24 heavy (non-hydrogen) atoms. The van der Waals surface area contributed by atoms with Crippen LogP contribution >= 0.6 is 15.9 Å². The molecule has 1 aromatic carbocycles. The van der Waals surface area contributed by atoms with Crippen LogP contribution in [0.15, 0.2) is 28.7 Å². The van der Waals surface area contributed by atoms with Crippen LogP contribution in [0.3, 0.4) is 0 Å². The van der Waals surface area contributed by atoms with Crippen molar-refractivity contribution < 1.29 is 14.5 Å². The summed E-state index contributed by atoms with van der Waals surface area (Å²) in [6.45, 7) is 5.73. The van der Waals surface area contributed by atoms with E-state index in [2.05, 4.69) is 32.6 Å². The third-order valence-electron chi connectivity index (χ3n) is 3.86. The fraction of sp³-hybridized carbons (Fsp3) is 0.471. The second-order valence-electron chi connectivity index (χ2n) is 6.36. The zero-order valence-corrected chi connectivity index (χ0v) is 16.0. The lowest BCUT2D eigenvalue weighted by atomic mass is 9.90. The Morgan fingerprint density at radius 1 is 1.29 bits per heavy atom. The monoisotopic (exact) mass is 395 g/mol. The van der Waals surface area contributed by atoms with Crippen LogP contribution in [0.1, 0.15) is 20.8 Å². The molecule has 6 nitrogen and oxygen atoms in total. The van der Waals surface area contributed by atoms with E-state index in [1.807, 2.05) is 32.0 Å². The number of para-hydroxylation sites is 1. The van der Waals surface area contributed by atoms with Gasteiger partial charge in [0.15, 0.2) is 13.1 Å². The average molecular weight is 396 g/mol. The van der Waals surface area contributed by atoms with Gasteiger partial charge in [0, 0.05) is 4.47 Å². The van der Waals surface area contributed by atoms with Crippen molar-refractivity contribution in [1.82, 2.24) is 5.32 Å². The lowest BCUT2D eigenvalue weighted by Crippen LogP contribution is -3.11. The molecule has 0 aliphatic carbocycles. The fourth-order valence-corrected chi connectivity index (χ4v) is 2.39. The number of rotatable bonds is 7. The van der Waals surface area contributed by atoms with Gasteiger partial charge in [-0.15, -0.1) is 0 Å². The van der Waals surface area contributed by atoms with Gasteiger partial charge in [-0.25, -0.2) is 0 Å². The molecule has 0 radical (unpaired) electrons. The van der Waals surface area contributed by atoms with Crippen LogP contribution in [0, 0.1) is 17.2 Å². The normalized spacial score (nSPS) is 14.4. The van der Waals surface area contributed by atoms with Crippen LogP contribution in [0.5, 0.6) is 0 Å². The number of halogens is 1. The fourth-order valence-electron chi connectivity index (χ4n) is 2.00. The van der Waals surface area contributed by atoms with E-state index in [1.54, 1.807) is 20.0 Å². The minimum Gasteiger partial charge on any atom is -0.333 e. The predicted molar refractivity (Wildman–Crippen MR) is 96.4 cm³/mol. The molecular formula is C17H24BrN4O2+. The number of carbonyl (C=O) groups excluding carboxylic acids is 2. The maximum atomic E-state index is 12.1. The highest BCUT2D eigenvalue weighted by molar-refractivity contribution is 9.10. The van der Waals surface area contributed by atoms with E-state index in [9.17, 15) is 14.9 Å². The van der Waals surface area contributed by atoms with E-state index >= 15 is 0 Å². The Balaban J connectivity index is 2.52. The smallest absolute Gasteiger partial charge is 0.279 e. The van der Waals surface area contributed by atoms with Gasteiger partial charge in [0.05, 0.1) is 18.8 Å². The lowest BCUT2D eigenvalue weighted by Gasteiger charge is -2.27. The SMILES string of the molecule is CC(C)[C@@](C)(C#N)NC(=O)C[NH+](C)CC(=O)Nc1ccccc1Br. The molecule has 2 amide bonds. The molecule has 0 aliphatic heterocycles. The molecule has 1 unspecified atom stereocenters. The molecule has 0 heterocycles. The molecule has 130 valence electrons. The summed E-state index contributed by atoms with van der Waals surface area (Å²) in [6, 6.07) is 9.47. The highest BCUT2D eigenvalue weighted by Crippen LogP contribution is 2.20. The summed E-state index contributed by atoms with van der Waals surface area (Å²) in [5, 5.41) is 14.8. The largest absolute Gasteiger partial charge is 0.333 e. The van der Waals surface area contributed by atoms with Gasteiger partial charge in [-0.1, -0.05) is 26.0 Å². The van der Waals surface area contributed by atoms with Crippen LogP contribution in [0.4, 0.5) is 5.69 Å². The summed E-state index contributed by atoms with van der Waals surface area (Å²) < 4.78 is 0.801. The van der Waals surface area contributed by atoms with E-state index in [-0.39, 0.29) is 30.8 Å². The number of hydrogen-bond acceptors (Lipinski definition) is 3. The average Bonchev–Trinajstić information content (AvgIpc) is 2.48. The molecule has 0 aromatic heterocycles. The van der Waals surface area contributed by atoms with Gasteiger partial charge in [-0.3, -0.25) is 9.59 Å². The molecule has 1 rings (SSSR count). The molecule has 1 aromatic rings. The minimum atomic E-state index is -0.908. The van der Waals surface area contributed by atoms with E-state index in [1.165, 1.54) is 0 Å². The van der Waals surface area contributed by atoms with Crippen LogP contribution in [0.25, 0.3) is 0 Å². The van der Waals surface area contributed by atoms with Gasteiger partial charge in [-0.2, -0.15) is 5.26 Å². The van der Waals surface area contributed by atoms with E-state index < -0.39 is 5.54 Å². The predicted octanol–water partition coefficient (Wildman–Crippen LogP) is 0.957. The van der Waals surface area contributed by atoms with Crippen LogP contribution in [-0.2, 0) is 9.59 Å². The number of nitrogens with zero attached hydrogens (tertiary/aromatic N) is 1. The zero-order chi connectivity index (χ0) is 18.3. The highest BCUT2D eigenvalue weighted by atomic mass is 79.9. The summed E-state index contributed by atoms with van der Waals surface area (Å²) >= 11 is 3.37. The molecule has 0 aliphatic rings. The van der Waals surface area contributed by atoms with Crippen LogP contribution in [0.2, 0.25) is 0 Å². The molecule has 0 bridgehead atoms. The van der Waals surface area contributed by atoms with Crippen molar-refractivity contribution in [2.45, 2.75) is 26.3 Å². The van der Waals surface area contributed by atoms with Crippen molar-refractivity contribution in [3.05, 3.63) is 28.7 Å². The Labute approximate surface area is 151 Å². The lowest BCUT2D eigenvalue weighted by molar-refractivity contribution is -0.862. The zero-order valence-electron chi connectivity index (χ0n) is 14.4. The minimum absolute atomic E-state index is 0.00881. The first-order chi connectivity index (χ1) is 11.2. The number of hydrogen-bond donors (Lipinski definition) is 3. The number of nitrogens with one attached hydrogen (secondary N) is 3. The highest BCUT2D eigenvalue weighted by Gasteiger charge is 2.31. The van der Waals surface area contributed by atoms with E-state index in [0.717, 1.165) is 9.37 Å². The Morgan fingerprint density at radius 3 is 2.42 bits per heavy atom. The first-order valence-electron chi connectivity index (χ1n) is 7.76. The molecule has 2 atom stereocenters. The molecule has 3 N–H and O–H groups in total. The number of quaternary nitrogens is 1. The van der Waals surface area contributed by atoms with Crippen LogP contribution < -0.4 is 15.5 Å². The topological polar surface area (TPSA) is 86.4 Å². The van der Waals surface area contributed by atoms with Gasteiger partial charge in [-0.05, 0) is 40.9 Å².